The van der Waals surface area contributed by atoms with Gasteiger partial charge in [0.15, 0.2) is 0 Å². The van der Waals surface area contributed by atoms with Gasteiger partial charge in [0.05, 0.1) is 23.7 Å². The van der Waals surface area contributed by atoms with E-state index in [1.165, 1.54) is 4.88 Å². The lowest BCUT2D eigenvalue weighted by atomic mass is 10.0. The second kappa shape index (κ2) is 12.9. The van der Waals surface area contributed by atoms with Crippen LogP contribution in [0.25, 0.3) is 0 Å². The van der Waals surface area contributed by atoms with E-state index in [0.717, 1.165) is 12.0 Å². The van der Waals surface area contributed by atoms with Gasteiger partial charge in [-0.05, 0) is 54.1 Å². The van der Waals surface area contributed by atoms with Gasteiger partial charge >= 0.3 is 0 Å². The number of benzene rings is 2. The molecule has 0 spiro atoms. The zero-order valence-corrected chi connectivity index (χ0v) is 22.6. The number of amides is 2. The second-order valence-electron chi connectivity index (χ2n) is 8.69. The number of halogens is 1. The number of thiophene rings is 1. The average molecular weight is 543 g/mol. The smallest absolute Gasteiger partial charge is 0.255 e. The maximum absolute atomic E-state index is 13.7. The van der Waals surface area contributed by atoms with Crippen LogP contribution in [0.3, 0.4) is 0 Å². The van der Waals surface area contributed by atoms with E-state index in [0.29, 0.717) is 54.8 Å². The van der Waals surface area contributed by atoms with Gasteiger partial charge in [0.25, 0.3) is 5.91 Å². The van der Waals surface area contributed by atoms with Crippen LogP contribution in [0.5, 0.6) is 11.5 Å². The van der Waals surface area contributed by atoms with Crippen molar-refractivity contribution < 1.29 is 23.8 Å². The summed E-state index contributed by atoms with van der Waals surface area (Å²) >= 11 is 8.00. The van der Waals surface area contributed by atoms with E-state index < -0.39 is 0 Å². The Morgan fingerprint density at radius 2 is 1.92 bits per heavy atom. The van der Waals surface area contributed by atoms with E-state index in [2.05, 4.69) is 11.4 Å². The molecule has 1 atom stereocenters. The summed E-state index contributed by atoms with van der Waals surface area (Å²) in [6, 6.07) is 16.1. The van der Waals surface area contributed by atoms with E-state index in [9.17, 15) is 9.59 Å². The van der Waals surface area contributed by atoms with Crippen LogP contribution >= 0.6 is 22.9 Å². The SMILES string of the molecule is COCCCN(CC(=O)N1CCc2sccc2C1COc1cccc(OC)c1)C(=O)c1ccccc1Cl. The first kappa shape index (κ1) is 27.0. The lowest BCUT2D eigenvalue weighted by molar-refractivity contribution is -0.135. The number of fused-ring (bicyclic) bond motifs is 1. The molecule has 1 aliphatic rings. The molecule has 4 rings (SSSR count). The van der Waals surface area contributed by atoms with E-state index in [1.54, 1.807) is 54.7 Å². The molecule has 0 bridgehead atoms. The van der Waals surface area contributed by atoms with Crippen LogP contribution in [0.2, 0.25) is 5.02 Å². The van der Waals surface area contributed by atoms with Crippen molar-refractivity contribution in [2.75, 3.05) is 47.1 Å². The number of rotatable bonds is 11. The Hall–Kier alpha value is -3.07. The van der Waals surface area contributed by atoms with Gasteiger partial charge in [-0.1, -0.05) is 29.8 Å². The molecule has 196 valence electrons. The third-order valence-electron chi connectivity index (χ3n) is 6.36. The van der Waals surface area contributed by atoms with Gasteiger partial charge in [-0.3, -0.25) is 9.59 Å². The number of methoxy groups -OCH3 is 2. The Bertz CT molecular complexity index is 1220. The topological polar surface area (TPSA) is 68.3 Å². The molecule has 1 aromatic heterocycles. The second-order valence-corrected chi connectivity index (χ2v) is 10.1. The lowest BCUT2D eigenvalue weighted by Gasteiger charge is -2.37. The zero-order valence-electron chi connectivity index (χ0n) is 21.0. The van der Waals surface area contributed by atoms with Gasteiger partial charge in [-0.15, -0.1) is 11.3 Å². The van der Waals surface area contributed by atoms with Gasteiger partial charge in [-0.2, -0.15) is 0 Å². The molecule has 1 aliphatic heterocycles. The molecule has 2 amide bonds. The van der Waals surface area contributed by atoms with Crippen molar-refractivity contribution in [1.29, 1.82) is 0 Å². The van der Waals surface area contributed by atoms with Gasteiger partial charge < -0.3 is 24.0 Å². The summed E-state index contributed by atoms with van der Waals surface area (Å²) in [6.07, 6.45) is 1.38. The lowest BCUT2D eigenvalue weighted by Crippen LogP contribution is -2.48. The van der Waals surface area contributed by atoms with Crippen molar-refractivity contribution >= 4 is 34.8 Å². The van der Waals surface area contributed by atoms with Gasteiger partial charge in [-0.25, -0.2) is 0 Å². The van der Waals surface area contributed by atoms with Crippen LogP contribution in [0, 0.1) is 0 Å². The van der Waals surface area contributed by atoms with Crippen molar-refractivity contribution in [1.82, 2.24) is 9.80 Å². The number of carbonyl (C=O) groups excluding carboxylic acids is 2. The monoisotopic (exact) mass is 542 g/mol. The van der Waals surface area contributed by atoms with Crippen molar-refractivity contribution in [2.45, 2.75) is 18.9 Å². The van der Waals surface area contributed by atoms with Crippen LogP contribution in [0.4, 0.5) is 0 Å². The molecule has 0 aliphatic carbocycles. The quantitative estimate of drug-likeness (QED) is 0.316. The Kier molecular flexibility index (Phi) is 9.44. The molecule has 0 fully saturated rings. The van der Waals surface area contributed by atoms with Crippen molar-refractivity contribution in [3.05, 3.63) is 81.0 Å². The molecule has 37 heavy (non-hydrogen) atoms. The van der Waals surface area contributed by atoms with Gasteiger partial charge in [0.1, 0.15) is 24.7 Å². The number of nitrogens with zero attached hydrogens (tertiary/aromatic N) is 2. The highest BCUT2D eigenvalue weighted by molar-refractivity contribution is 7.10. The minimum atomic E-state index is -0.271. The Morgan fingerprint density at radius 3 is 2.70 bits per heavy atom. The van der Waals surface area contributed by atoms with Crippen molar-refractivity contribution in [3.63, 3.8) is 0 Å². The fourth-order valence-electron chi connectivity index (χ4n) is 4.45. The highest BCUT2D eigenvalue weighted by Crippen LogP contribution is 2.34. The Labute approximate surface area is 226 Å². The number of hydrogen-bond acceptors (Lipinski definition) is 6. The maximum Gasteiger partial charge on any atom is 0.255 e. The van der Waals surface area contributed by atoms with Gasteiger partial charge in [0.2, 0.25) is 5.91 Å². The third kappa shape index (κ3) is 6.63. The summed E-state index contributed by atoms with van der Waals surface area (Å²) in [4.78, 5) is 31.7. The van der Waals surface area contributed by atoms with Crippen LogP contribution in [0.15, 0.2) is 60.0 Å². The largest absolute Gasteiger partial charge is 0.497 e. The van der Waals surface area contributed by atoms with Crippen molar-refractivity contribution in [3.8, 4) is 11.5 Å². The highest BCUT2D eigenvalue weighted by Gasteiger charge is 2.33. The number of ether oxygens (including phenoxy) is 3. The molecular formula is C28H31ClN2O5S. The van der Waals surface area contributed by atoms with Crippen LogP contribution < -0.4 is 9.47 Å². The molecule has 7 nitrogen and oxygen atoms in total. The average Bonchev–Trinajstić information content (AvgIpc) is 3.40. The summed E-state index contributed by atoms with van der Waals surface area (Å²) in [7, 11) is 3.23. The third-order valence-corrected chi connectivity index (χ3v) is 7.68. The molecule has 0 saturated heterocycles. The molecule has 1 unspecified atom stereocenters. The van der Waals surface area contributed by atoms with E-state index in [4.69, 9.17) is 25.8 Å². The minimum Gasteiger partial charge on any atom is -0.497 e. The fraction of sp³-hybridized carbons (Fsp3) is 0.357. The molecular weight excluding hydrogens is 512 g/mol. The number of hydrogen-bond donors (Lipinski definition) is 0. The van der Waals surface area contributed by atoms with Crippen molar-refractivity contribution in [2.24, 2.45) is 0 Å². The summed E-state index contributed by atoms with van der Waals surface area (Å²) in [5.74, 6) is 0.973. The minimum absolute atomic E-state index is 0.0527. The summed E-state index contributed by atoms with van der Waals surface area (Å²) in [6.45, 7) is 1.67. The Morgan fingerprint density at radius 1 is 1.11 bits per heavy atom. The fourth-order valence-corrected chi connectivity index (χ4v) is 5.60. The van der Waals surface area contributed by atoms with E-state index >= 15 is 0 Å². The normalized spacial score (nSPS) is 14.7. The predicted molar refractivity (Wildman–Crippen MR) is 145 cm³/mol. The summed E-state index contributed by atoms with van der Waals surface area (Å²) in [5, 5.41) is 2.41. The maximum atomic E-state index is 13.7. The molecule has 0 saturated carbocycles. The first-order valence-electron chi connectivity index (χ1n) is 12.2. The first-order chi connectivity index (χ1) is 18.0. The van der Waals surface area contributed by atoms with E-state index in [-0.39, 0.29) is 24.4 Å². The molecule has 2 heterocycles. The summed E-state index contributed by atoms with van der Waals surface area (Å²) < 4.78 is 16.6. The van der Waals surface area contributed by atoms with E-state index in [1.807, 2.05) is 29.2 Å². The van der Waals surface area contributed by atoms with Crippen LogP contribution in [-0.2, 0) is 16.0 Å². The van der Waals surface area contributed by atoms with Crippen LogP contribution in [-0.4, -0.2) is 68.7 Å². The van der Waals surface area contributed by atoms with Gasteiger partial charge in [0, 0.05) is 37.7 Å². The Balaban J connectivity index is 1.53. The zero-order chi connectivity index (χ0) is 26.2. The molecule has 9 heteroatoms. The molecule has 2 aromatic carbocycles. The number of carbonyl (C=O) groups is 2. The highest BCUT2D eigenvalue weighted by atomic mass is 35.5. The molecule has 3 aromatic rings. The summed E-state index contributed by atoms with van der Waals surface area (Å²) in [5.41, 5.74) is 1.47. The standard InChI is InChI=1S/C28H31ClN2O5S/c1-34-15-6-13-30(28(33)22-9-3-4-10-24(22)29)18-27(32)31-14-11-26-23(12-16-37-26)25(31)19-36-21-8-5-7-20(17-21)35-2/h3-5,7-10,12,16-17,25H,6,11,13-15,18-19H2,1-2H3. The molecule has 0 radical (unpaired) electrons. The first-order valence-corrected chi connectivity index (χ1v) is 13.4. The molecule has 0 N–H and O–H groups in total. The van der Waals surface area contributed by atoms with Crippen LogP contribution in [0.1, 0.15) is 33.3 Å². The predicted octanol–water partition coefficient (Wildman–Crippen LogP) is 5.09.